The molecule has 0 aliphatic rings. The van der Waals surface area contributed by atoms with Crippen molar-refractivity contribution in [1.29, 1.82) is 5.26 Å². The van der Waals surface area contributed by atoms with E-state index in [1.807, 2.05) is 36.4 Å². The second kappa shape index (κ2) is 11.2. The van der Waals surface area contributed by atoms with Gasteiger partial charge in [-0.25, -0.2) is 0 Å². The highest BCUT2D eigenvalue weighted by atomic mass is 127. The van der Waals surface area contributed by atoms with Crippen molar-refractivity contribution in [2.24, 2.45) is 0 Å². The maximum atomic E-state index is 12.6. The van der Waals surface area contributed by atoms with Crippen LogP contribution in [0.4, 0.5) is 5.69 Å². The van der Waals surface area contributed by atoms with E-state index in [4.69, 9.17) is 32.7 Å². The molecular formula is C24H17Cl2IN2O3. The number of nitriles is 1. The number of nitrogens with zero attached hydrogens (tertiary/aromatic N) is 1. The first-order valence-corrected chi connectivity index (χ1v) is 11.2. The molecule has 0 saturated heterocycles. The second-order valence-corrected chi connectivity index (χ2v) is 8.56. The van der Waals surface area contributed by atoms with Gasteiger partial charge in [0.25, 0.3) is 5.91 Å². The molecule has 1 N–H and O–H groups in total. The molecule has 0 spiro atoms. The molecule has 0 fully saturated rings. The first-order valence-electron chi connectivity index (χ1n) is 9.33. The minimum atomic E-state index is -0.602. The zero-order chi connectivity index (χ0) is 23.1. The molecule has 162 valence electrons. The van der Waals surface area contributed by atoms with Gasteiger partial charge in [-0.15, -0.1) is 0 Å². The summed E-state index contributed by atoms with van der Waals surface area (Å²) >= 11 is 14.2. The number of hydrogen-bond donors (Lipinski definition) is 1. The highest BCUT2D eigenvalue weighted by Gasteiger charge is 2.15. The summed E-state index contributed by atoms with van der Waals surface area (Å²) in [5, 5.41) is 12.9. The van der Waals surface area contributed by atoms with Gasteiger partial charge >= 0.3 is 0 Å². The van der Waals surface area contributed by atoms with E-state index in [0.717, 1.165) is 9.13 Å². The van der Waals surface area contributed by atoms with Crippen molar-refractivity contribution in [2.45, 2.75) is 6.61 Å². The molecule has 5 nitrogen and oxygen atoms in total. The predicted molar refractivity (Wildman–Crippen MR) is 135 cm³/mol. The van der Waals surface area contributed by atoms with Gasteiger partial charge in [0.2, 0.25) is 0 Å². The first kappa shape index (κ1) is 23.9. The number of methoxy groups -OCH3 is 1. The van der Waals surface area contributed by atoms with Gasteiger partial charge in [0.05, 0.1) is 21.4 Å². The average molecular weight is 579 g/mol. The normalized spacial score (nSPS) is 10.9. The molecule has 3 aromatic rings. The third-order valence-corrected chi connectivity index (χ3v) is 5.70. The summed E-state index contributed by atoms with van der Waals surface area (Å²) in [4.78, 5) is 12.6. The number of ether oxygens (including phenoxy) is 2. The highest BCUT2D eigenvalue weighted by Crippen LogP contribution is 2.35. The first-order chi connectivity index (χ1) is 15.4. The molecule has 0 atom stereocenters. The van der Waals surface area contributed by atoms with Crippen LogP contribution in [0.5, 0.6) is 11.5 Å². The maximum absolute atomic E-state index is 12.6. The fourth-order valence-electron chi connectivity index (χ4n) is 2.79. The summed E-state index contributed by atoms with van der Waals surface area (Å²) in [5.41, 5.74) is 1.86. The zero-order valence-corrected chi connectivity index (χ0v) is 20.5. The van der Waals surface area contributed by atoms with Crippen LogP contribution in [0.2, 0.25) is 10.0 Å². The van der Waals surface area contributed by atoms with Crippen LogP contribution in [0.15, 0.2) is 66.2 Å². The van der Waals surface area contributed by atoms with Crippen LogP contribution in [0, 0.1) is 14.9 Å². The predicted octanol–water partition coefficient (Wildman–Crippen LogP) is 6.73. The monoisotopic (exact) mass is 578 g/mol. The van der Waals surface area contributed by atoms with Crippen molar-refractivity contribution in [2.75, 3.05) is 12.4 Å². The van der Waals surface area contributed by atoms with Gasteiger partial charge in [-0.1, -0.05) is 53.5 Å². The molecule has 0 heterocycles. The minimum absolute atomic E-state index is 0.100. The van der Waals surface area contributed by atoms with Gasteiger partial charge in [0.1, 0.15) is 18.2 Å². The Hall–Kier alpha value is -2.73. The number of anilines is 1. The van der Waals surface area contributed by atoms with Crippen LogP contribution in [0.25, 0.3) is 6.08 Å². The Morgan fingerprint density at radius 2 is 1.91 bits per heavy atom. The van der Waals surface area contributed by atoms with Crippen molar-refractivity contribution >= 4 is 63.5 Å². The molecule has 32 heavy (non-hydrogen) atoms. The van der Waals surface area contributed by atoms with Crippen LogP contribution in [0.1, 0.15) is 11.1 Å². The fraction of sp³-hybridized carbons (Fsp3) is 0.0833. The second-order valence-electron chi connectivity index (χ2n) is 6.56. The Balaban J connectivity index is 1.84. The number of nitrogens with one attached hydrogen (secondary N) is 1. The average Bonchev–Trinajstić information content (AvgIpc) is 2.79. The summed E-state index contributed by atoms with van der Waals surface area (Å²) in [6, 6.07) is 19.9. The Labute approximate surface area is 209 Å². The highest BCUT2D eigenvalue weighted by molar-refractivity contribution is 14.1. The number of carbonyl (C=O) groups is 1. The SMILES string of the molecule is COc1cc(/C=C(/C#N)C(=O)Nc2cc(Cl)ccc2Cl)cc(I)c1OCc1ccccc1. The van der Waals surface area contributed by atoms with E-state index >= 15 is 0 Å². The van der Waals surface area contributed by atoms with Crippen molar-refractivity contribution in [1.82, 2.24) is 0 Å². The topological polar surface area (TPSA) is 71.3 Å². The zero-order valence-electron chi connectivity index (χ0n) is 16.9. The van der Waals surface area contributed by atoms with E-state index in [2.05, 4.69) is 27.9 Å². The van der Waals surface area contributed by atoms with Crippen LogP contribution >= 0.6 is 45.8 Å². The molecule has 8 heteroatoms. The summed E-state index contributed by atoms with van der Waals surface area (Å²) in [6.45, 7) is 0.384. The Morgan fingerprint density at radius 3 is 2.59 bits per heavy atom. The number of amides is 1. The fourth-order valence-corrected chi connectivity index (χ4v) is 3.91. The number of halogens is 3. The Morgan fingerprint density at radius 1 is 1.16 bits per heavy atom. The Kier molecular flexibility index (Phi) is 8.39. The van der Waals surface area contributed by atoms with E-state index in [0.29, 0.717) is 39.4 Å². The Bertz CT molecular complexity index is 1210. The molecule has 0 saturated carbocycles. The van der Waals surface area contributed by atoms with E-state index < -0.39 is 5.91 Å². The molecular weight excluding hydrogens is 562 g/mol. The summed E-state index contributed by atoms with van der Waals surface area (Å²) < 4.78 is 12.2. The van der Waals surface area contributed by atoms with E-state index in [9.17, 15) is 10.1 Å². The third kappa shape index (κ3) is 6.16. The quantitative estimate of drug-likeness (QED) is 0.192. The van der Waals surface area contributed by atoms with Gasteiger partial charge in [0, 0.05) is 5.02 Å². The number of rotatable bonds is 7. The lowest BCUT2D eigenvalue weighted by molar-refractivity contribution is -0.112. The van der Waals surface area contributed by atoms with Crippen molar-refractivity contribution in [3.8, 4) is 17.6 Å². The van der Waals surface area contributed by atoms with Crippen LogP contribution < -0.4 is 14.8 Å². The summed E-state index contributed by atoms with van der Waals surface area (Å²) in [6.07, 6.45) is 1.47. The standard InChI is InChI=1S/C24H17Cl2IN2O3/c1-31-22-11-16(10-20(27)23(22)32-14-15-5-3-2-4-6-15)9-17(13-28)24(30)29-21-12-18(25)7-8-19(21)26/h2-12H,14H2,1H3,(H,29,30)/b17-9-. The largest absolute Gasteiger partial charge is 0.493 e. The lowest BCUT2D eigenvalue weighted by atomic mass is 10.1. The van der Waals surface area contributed by atoms with Gasteiger partial charge in [-0.05, 0) is 70.1 Å². The molecule has 3 rings (SSSR count). The van der Waals surface area contributed by atoms with Crippen LogP contribution in [0.3, 0.4) is 0 Å². The molecule has 3 aromatic carbocycles. The lowest BCUT2D eigenvalue weighted by Gasteiger charge is -2.14. The van der Waals surface area contributed by atoms with Gasteiger partial charge in [-0.2, -0.15) is 5.26 Å². The summed E-state index contributed by atoms with van der Waals surface area (Å²) in [7, 11) is 1.54. The molecule has 0 aliphatic heterocycles. The molecule has 0 unspecified atom stereocenters. The smallest absolute Gasteiger partial charge is 0.266 e. The van der Waals surface area contributed by atoms with Gasteiger partial charge in [0.15, 0.2) is 11.5 Å². The van der Waals surface area contributed by atoms with Crippen LogP contribution in [-0.2, 0) is 11.4 Å². The minimum Gasteiger partial charge on any atom is -0.493 e. The van der Waals surface area contributed by atoms with Crippen LogP contribution in [-0.4, -0.2) is 13.0 Å². The van der Waals surface area contributed by atoms with Gasteiger partial charge < -0.3 is 14.8 Å². The molecule has 0 radical (unpaired) electrons. The van der Waals surface area contributed by atoms with Crippen molar-refractivity contribution in [3.05, 3.63) is 91.0 Å². The molecule has 0 bridgehead atoms. The number of hydrogen-bond acceptors (Lipinski definition) is 4. The lowest BCUT2D eigenvalue weighted by Crippen LogP contribution is -2.13. The summed E-state index contributed by atoms with van der Waals surface area (Å²) in [5.74, 6) is 0.479. The number of carbonyl (C=O) groups excluding carboxylic acids is 1. The number of benzene rings is 3. The van der Waals surface area contributed by atoms with Crippen molar-refractivity contribution < 1.29 is 14.3 Å². The van der Waals surface area contributed by atoms with E-state index in [1.54, 1.807) is 24.3 Å². The molecule has 1 amide bonds. The van der Waals surface area contributed by atoms with Crippen molar-refractivity contribution in [3.63, 3.8) is 0 Å². The van der Waals surface area contributed by atoms with Gasteiger partial charge in [-0.3, -0.25) is 4.79 Å². The molecule has 0 aliphatic carbocycles. The van der Waals surface area contributed by atoms with E-state index in [1.165, 1.54) is 19.3 Å². The molecule has 0 aromatic heterocycles. The van der Waals surface area contributed by atoms with E-state index in [-0.39, 0.29) is 5.57 Å². The maximum Gasteiger partial charge on any atom is 0.266 e. The third-order valence-electron chi connectivity index (χ3n) is 4.33.